The third-order valence-corrected chi connectivity index (χ3v) is 3.33. The Labute approximate surface area is 117 Å². The highest BCUT2D eigenvalue weighted by molar-refractivity contribution is 5.05. The first-order chi connectivity index (χ1) is 9.04. The lowest BCUT2D eigenvalue weighted by Crippen LogP contribution is -2.46. The second-order valence-electron chi connectivity index (χ2n) is 5.68. The van der Waals surface area contributed by atoms with E-state index >= 15 is 0 Å². The van der Waals surface area contributed by atoms with Crippen LogP contribution in [-0.2, 0) is 9.47 Å². The number of allylic oxidation sites excluding steroid dienone is 2. The summed E-state index contributed by atoms with van der Waals surface area (Å²) in [6.07, 6.45) is 8.62. The highest BCUT2D eigenvalue weighted by Crippen LogP contribution is 2.35. The topological polar surface area (TPSA) is 18.5 Å². The molecule has 1 saturated heterocycles. The van der Waals surface area contributed by atoms with Gasteiger partial charge >= 0.3 is 0 Å². The van der Waals surface area contributed by atoms with Gasteiger partial charge < -0.3 is 9.47 Å². The van der Waals surface area contributed by atoms with E-state index in [1.54, 1.807) is 0 Å². The first-order valence-corrected chi connectivity index (χ1v) is 6.99. The van der Waals surface area contributed by atoms with E-state index in [9.17, 15) is 0 Å². The van der Waals surface area contributed by atoms with Gasteiger partial charge in [0, 0.05) is 18.3 Å². The summed E-state index contributed by atoms with van der Waals surface area (Å²) < 4.78 is 11.6. The van der Waals surface area contributed by atoms with Gasteiger partial charge in [0.2, 0.25) is 0 Å². The van der Waals surface area contributed by atoms with E-state index in [-0.39, 0.29) is 5.41 Å². The van der Waals surface area contributed by atoms with E-state index in [4.69, 9.17) is 9.47 Å². The molecule has 0 aliphatic carbocycles. The summed E-state index contributed by atoms with van der Waals surface area (Å²) in [5, 5.41) is 0. The molecule has 1 rings (SSSR count). The molecular weight excluding hydrogens is 236 g/mol. The van der Waals surface area contributed by atoms with Crippen molar-refractivity contribution in [2.24, 2.45) is 5.41 Å². The predicted octanol–water partition coefficient (Wildman–Crippen LogP) is 4.08. The molecule has 0 bridgehead atoms. The Morgan fingerprint density at radius 3 is 2.37 bits per heavy atom. The van der Waals surface area contributed by atoms with Crippen molar-refractivity contribution >= 4 is 0 Å². The van der Waals surface area contributed by atoms with Crippen LogP contribution in [0.3, 0.4) is 0 Å². The molecule has 0 amide bonds. The lowest BCUT2D eigenvalue weighted by Gasteiger charge is -2.42. The number of rotatable bonds is 6. The Morgan fingerprint density at radius 1 is 1.11 bits per heavy atom. The van der Waals surface area contributed by atoms with Crippen LogP contribution in [-0.4, -0.2) is 19.0 Å². The van der Waals surface area contributed by atoms with Crippen molar-refractivity contribution < 1.29 is 9.47 Å². The molecule has 2 heteroatoms. The van der Waals surface area contributed by atoms with Gasteiger partial charge in [0.15, 0.2) is 5.79 Å². The molecule has 0 aromatic heterocycles. The molecule has 2 nitrogen and oxygen atoms in total. The molecule has 106 valence electrons. The summed E-state index contributed by atoms with van der Waals surface area (Å²) in [4.78, 5) is 0. The van der Waals surface area contributed by atoms with Crippen LogP contribution in [0, 0.1) is 17.3 Å². The van der Waals surface area contributed by atoms with Crippen LogP contribution in [0.1, 0.15) is 46.0 Å². The Balaban J connectivity index is 2.48. The van der Waals surface area contributed by atoms with Gasteiger partial charge in [0.1, 0.15) is 0 Å². The molecule has 1 aliphatic heterocycles. The van der Waals surface area contributed by atoms with Crippen LogP contribution in [0.4, 0.5) is 0 Å². The maximum Gasteiger partial charge on any atom is 0.162 e. The van der Waals surface area contributed by atoms with Crippen molar-refractivity contribution in [3.63, 3.8) is 0 Å². The fraction of sp³-hybridized carbons (Fsp3) is 0.647. The minimum absolute atomic E-state index is 0.0251. The van der Waals surface area contributed by atoms with Crippen LogP contribution in [0.5, 0.6) is 0 Å². The number of ether oxygens (including phenoxy) is 2. The molecule has 1 aliphatic rings. The lowest BCUT2D eigenvalue weighted by atomic mass is 9.82. The van der Waals surface area contributed by atoms with Crippen LogP contribution >= 0.6 is 0 Å². The molecule has 0 radical (unpaired) electrons. The Bertz CT molecular complexity index is 347. The standard InChI is InChI=1S/C17H26O2/c1-5-7-8-9-10-11-13-17(12-6-2)14-18-16(3,4)19-15-17/h5-6H,1-2,7-9,12-15H2,3-4H3. The fourth-order valence-electron chi connectivity index (χ4n) is 2.01. The highest BCUT2D eigenvalue weighted by atomic mass is 16.7. The normalized spacial score (nSPS) is 20.1. The van der Waals surface area contributed by atoms with Gasteiger partial charge in [-0.05, 0) is 33.1 Å². The smallest absolute Gasteiger partial charge is 0.162 e. The van der Waals surface area contributed by atoms with E-state index < -0.39 is 5.79 Å². The Hall–Kier alpha value is -1.04. The van der Waals surface area contributed by atoms with Crippen molar-refractivity contribution in [3.8, 4) is 11.8 Å². The molecule has 1 fully saturated rings. The van der Waals surface area contributed by atoms with Crippen molar-refractivity contribution in [2.75, 3.05) is 13.2 Å². The molecule has 0 N–H and O–H groups in total. The first kappa shape index (κ1) is 16.0. The van der Waals surface area contributed by atoms with Crippen LogP contribution in [0.2, 0.25) is 0 Å². The van der Waals surface area contributed by atoms with Gasteiger partial charge in [-0.1, -0.05) is 12.2 Å². The Kier molecular flexibility index (Phi) is 6.34. The molecular formula is C17H26O2. The van der Waals surface area contributed by atoms with Gasteiger partial charge in [0.25, 0.3) is 0 Å². The second-order valence-corrected chi connectivity index (χ2v) is 5.68. The fourth-order valence-corrected chi connectivity index (χ4v) is 2.01. The summed E-state index contributed by atoms with van der Waals surface area (Å²) >= 11 is 0. The Morgan fingerprint density at radius 2 is 1.79 bits per heavy atom. The number of hydrogen-bond acceptors (Lipinski definition) is 2. The SMILES string of the molecule is C=CCCCC#CCC1(CC=C)COC(C)(C)OC1. The summed E-state index contributed by atoms with van der Waals surface area (Å²) in [5.41, 5.74) is -0.0251. The minimum atomic E-state index is -0.470. The predicted molar refractivity (Wildman–Crippen MR) is 79.7 cm³/mol. The van der Waals surface area contributed by atoms with Gasteiger partial charge in [-0.2, -0.15) is 0 Å². The molecule has 0 atom stereocenters. The number of hydrogen-bond donors (Lipinski definition) is 0. The summed E-state index contributed by atoms with van der Waals surface area (Å²) in [5.74, 6) is 6.03. The van der Waals surface area contributed by atoms with Crippen molar-refractivity contribution in [1.29, 1.82) is 0 Å². The van der Waals surface area contributed by atoms with E-state index in [2.05, 4.69) is 25.0 Å². The maximum atomic E-state index is 5.78. The van der Waals surface area contributed by atoms with Crippen molar-refractivity contribution in [1.82, 2.24) is 0 Å². The van der Waals surface area contributed by atoms with E-state index in [1.165, 1.54) is 0 Å². The zero-order valence-corrected chi connectivity index (χ0v) is 12.3. The maximum absolute atomic E-state index is 5.78. The van der Waals surface area contributed by atoms with Gasteiger partial charge in [0.05, 0.1) is 13.2 Å². The summed E-state index contributed by atoms with van der Waals surface area (Å²) in [6.45, 7) is 12.8. The quantitative estimate of drug-likeness (QED) is 0.408. The third-order valence-electron chi connectivity index (χ3n) is 3.33. The van der Waals surface area contributed by atoms with E-state index in [1.807, 2.05) is 26.0 Å². The summed E-state index contributed by atoms with van der Waals surface area (Å²) in [6, 6.07) is 0. The molecule has 0 saturated carbocycles. The van der Waals surface area contributed by atoms with Crippen LogP contribution in [0.25, 0.3) is 0 Å². The zero-order valence-electron chi connectivity index (χ0n) is 12.3. The largest absolute Gasteiger partial charge is 0.350 e. The monoisotopic (exact) mass is 262 g/mol. The molecule has 0 aromatic rings. The number of unbranched alkanes of at least 4 members (excludes halogenated alkanes) is 2. The van der Waals surface area contributed by atoms with Crippen LogP contribution < -0.4 is 0 Å². The van der Waals surface area contributed by atoms with Gasteiger partial charge in [-0.15, -0.1) is 25.0 Å². The molecule has 0 unspecified atom stereocenters. The van der Waals surface area contributed by atoms with E-state index in [0.29, 0.717) is 13.2 Å². The molecule has 19 heavy (non-hydrogen) atoms. The second kappa shape index (κ2) is 7.53. The van der Waals surface area contributed by atoms with E-state index in [0.717, 1.165) is 32.1 Å². The van der Waals surface area contributed by atoms with Crippen molar-refractivity contribution in [2.45, 2.75) is 51.7 Å². The first-order valence-electron chi connectivity index (χ1n) is 6.99. The van der Waals surface area contributed by atoms with Crippen molar-refractivity contribution in [3.05, 3.63) is 25.3 Å². The summed E-state index contributed by atoms with van der Waals surface area (Å²) in [7, 11) is 0. The molecule has 0 spiro atoms. The average molecular weight is 262 g/mol. The van der Waals surface area contributed by atoms with Crippen LogP contribution in [0.15, 0.2) is 25.3 Å². The highest BCUT2D eigenvalue weighted by Gasteiger charge is 2.38. The van der Waals surface area contributed by atoms with Gasteiger partial charge in [-0.25, -0.2) is 0 Å². The zero-order chi connectivity index (χ0) is 14.2. The average Bonchev–Trinajstić information content (AvgIpc) is 2.38. The lowest BCUT2D eigenvalue weighted by molar-refractivity contribution is -0.284. The molecule has 0 aromatic carbocycles. The van der Waals surface area contributed by atoms with Gasteiger partial charge in [-0.3, -0.25) is 0 Å². The minimum Gasteiger partial charge on any atom is -0.350 e. The molecule has 1 heterocycles. The third kappa shape index (κ3) is 5.63.